The smallest absolute Gasteiger partial charge is 0.356 e. The third kappa shape index (κ3) is 2.61. The zero-order valence-corrected chi connectivity index (χ0v) is 10.6. The molecular weight excluding hydrogens is 269 g/mol. The molecule has 3 rings (SSSR count). The number of aromatic nitrogens is 3. The molecule has 0 spiro atoms. The monoisotopic (exact) mass is 282 g/mol. The van der Waals surface area contributed by atoms with Crippen LogP contribution < -0.4 is 4.90 Å². The van der Waals surface area contributed by atoms with Crippen LogP contribution in [0.5, 0.6) is 0 Å². The maximum Gasteiger partial charge on any atom is 0.433 e. The Bertz CT molecular complexity index is 574. The van der Waals surface area contributed by atoms with Crippen molar-refractivity contribution in [3.63, 3.8) is 0 Å². The van der Waals surface area contributed by atoms with Gasteiger partial charge in [-0.3, -0.25) is 4.68 Å². The second-order valence-corrected chi connectivity index (χ2v) is 4.88. The molecule has 4 nitrogen and oxygen atoms in total. The zero-order valence-electron chi connectivity index (χ0n) is 10.6. The van der Waals surface area contributed by atoms with Gasteiger partial charge in [0.2, 0.25) is 0 Å². The van der Waals surface area contributed by atoms with Crippen molar-refractivity contribution in [2.45, 2.75) is 12.7 Å². The van der Waals surface area contributed by atoms with Crippen LogP contribution in [0, 0.1) is 5.92 Å². The van der Waals surface area contributed by atoms with E-state index in [1.165, 1.54) is 6.07 Å². The lowest BCUT2D eigenvalue weighted by Crippen LogP contribution is -2.49. The minimum Gasteiger partial charge on any atom is -0.356 e. The van der Waals surface area contributed by atoms with Crippen LogP contribution in [-0.2, 0) is 12.7 Å². The fourth-order valence-corrected chi connectivity index (χ4v) is 2.30. The summed E-state index contributed by atoms with van der Waals surface area (Å²) in [6.07, 6.45) is -0.800. The Morgan fingerprint density at radius 1 is 1.20 bits per heavy atom. The average Bonchev–Trinajstić information content (AvgIpc) is 2.85. The Labute approximate surface area is 113 Å². The molecule has 20 heavy (non-hydrogen) atoms. The highest BCUT2D eigenvalue weighted by atomic mass is 19.4. The lowest BCUT2D eigenvalue weighted by atomic mass is 10.0. The van der Waals surface area contributed by atoms with Crippen molar-refractivity contribution >= 4 is 5.82 Å². The summed E-state index contributed by atoms with van der Waals surface area (Å²) in [4.78, 5) is 5.53. The first kappa shape index (κ1) is 13.0. The quantitative estimate of drug-likeness (QED) is 0.867. The molecule has 7 heteroatoms. The molecule has 0 bridgehead atoms. The first-order valence-corrected chi connectivity index (χ1v) is 6.29. The van der Waals surface area contributed by atoms with Gasteiger partial charge < -0.3 is 4.90 Å². The minimum absolute atomic E-state index is 0.386. The van der Waals surface area contributed by atoms with Crippen LogP contribution in [0.4, 0.5) is 19.0 Å². The van der Waals surface area contributed by atoms with Crippen molar-refractivity contribution in [2.75, 3.05) is 18.0 Å². The molecule has 0 aliphatic carbocycles. The molecule has 0 radical (unpaired) electrons. The van der Waals surface area contributed by atoms with E-state index in [1.807, 2.05) is 21.8 Å². The van der Waals surface area contributed by atoms with Crippen molar-refractivity contribution in [3.8, 4) is 0 Å². The number of alkyl halides is 3. The standard InChI is InChI=1S/C13H13F3N4/c14-13(15,16)11-3-1-4-12(18-11)19-7-10(8-19)9-20-6-2-5-17-20/h1-6,10H,7-9H2. The number of hydrogen-bond donors (Lipinski definition) is 0. The van der Waals surface area contributed by atoms with E-state index < -0.39 is 11.9 Å². The summed E-state index contributed by atoms with van der Waals surface area (Å²) in [5, 5.41) is 4.12. The molecule has 2 aromatic heterocycles. The molecule has 0 saturated carbocycles. The predicted molar refractivity (Wildman–Crippen MR) is 67.2 cm³/mol. The minimum atomic E-state index is -4.39. The number of rotatable bonds is 3. The third-order valence-corrected chi connectivity index (χ3v) is 3.31. The summed E-state index contributed by atoms with van der Waals surface area (Å²) < 4.78 is 39.6. The Hall–Kier alpha value is -2.05. The summed E-state index contributed by atoms with van der Waals surface area (Å²) >= 11 is 0. The van der Waals surface area contributed by atoms with Gasteiger partial charge in [-0.25, -0.2) is 4.98 Å². The molecule has 1 saturated heterocycles. The molecular formula is C13H13F3N4. The molecule has 2 aromatic rings. The molecule has 1 fully saturated rings. The van der Waals surface area contributed by atoms with E-state index in [0.29, 0.717) is 24.8 Å². The summed E-state index contributed by atoms with van der Waals surface area (Å²) in [6.45, 7) is 2.19. The van der Waals surface area contributed by atoms with E-state index in [4.69, 9.17) is 0 Å². The van der Waals surface area contributed by atoms with Crippen LogP contribution in [0.2, 0.25) is 0 Å². The number of nitrogens with zero attached hydrogens (tertiary/aromatic N) is 4. The van der Waals surface area contributed by atoms with Crippen molar-refractivity contribution in [3.05, 3.63) is 42.4 Å². The SMILES string of the molecule is FC(F)(F)c1cccc(N2CC(Cn3cccn3)C2)n1. The second-order valence-electron chi connectivity index (χ2n) is 4.88. The Morgan fingerprint density at radius 2 is 2.00 bits per heavy atom. The van der Waals surface area contributed by atoms with Crippen LogP contribution >= 0.6 is 0 Å². The van der Waals surface area contributed by atoms with Crippen molar-refractivity contribution < 1.29 is 13.2 Å². The van der Waals surface area contributed by atoms with Gasteiger partial charge in [-0.05, 0) is 18.2 Å². The largest absolute Gasteiger partial charge is 0.433 e. The lowest BCUT2D eigenvalue weighted by Gasteiger charge is -2.40. The van der Waals surface area contributed by atoms with E-state index in [0.717, 1.165) is 12.6 Å². The number of halogens is 3. The highest BCUT2D eigenvalue weighted by molar-refractivity contribution is 5.42. The van der Waals surface area contributed by atoms with Gasteiger partial charge in [0, 0.05) is 37.9 Å². The average molecular weight is 282 g/mol. The number of anilines is 1. The van der Waals surface area contributed by atoms with Gasteiger partial charge in [0.25, 0.3) is 0 Å². The summed E-state index contributed by atoms with van der Waals surface area (Å²) in [5.41, 5.74) is -0.842. The van der Waals surface area contributed by atoms with E-state index in [9.17, 15) is 13.2 Å². The van der Waals surface area contributed by atoms with E-state index in [2.05, 4.69) is 10.1 Å². The van der Waals surface area contributed by atoms with Crippen LogP contribution in [0.1, 0.15) is 5.69 Å². The van der Waals surface area contributed by atoms with Crippen molar-refractivity contribution in [2.24, 2.45) is 5.92 Å². The summed E-state index contributed by atoms with van der Waals surface area (Å²) in [6, 6.07) is 5.85. The zero-order chi connectivity index (χ0) is 14.2. The molecule has 0 atom stereocenters. The molecule has 0 aromatic carbocycles. The first-order valence-electron chi connectivity index (χ1n) is 6.29. The van der Waals surface area contributed by atoms with E-state index >= 15 is 0 Å². The molecule has 0 unspecified atom stereocenters. The first-order chi connectivity index (χ1) is 9.52. The van der Waals surface area contributed by atoms with Crippen LogP contribution in [0.15, 0.2) is 36.7 Å². The Balaban J connectivity index is 1.62. The summed E-state index contributed by atoms with van der Waals surface area (Å²) in [7, 11) is 0. The summed E-state index contributed by atoms with van der Waals surface area (Å²) in [5.74, 6) is 0.780. The predicted octanol–water partition coefficient (Wildman–Crippen LogP) is 2.43. The van der Waals surface area contributed by atoms with Crippen molar-refractivity contribution in [1.29, 1.82) is 0 Å². The Kier molecular flexibility index (Phi) is 3.11. The van der Waals surface area contributed by atoms with E-state index in [1.54, 1.807) is 12.3 Å². The molecule has 1 aliphatic heterocycles. The highest BCUT2D eigenvalue weighted by Gasteiger charge is 2.34. The van der Waals surface area contributed by atoms with Gasteiger partial charge in [-0.1, -0.05) is 6.07 Å². The highest BCUT2D eigenvalue weighted by Crippen LogP contribution is 2.30. The molecule has 0 N–H and O–H groups in total. The normalized spacial score (nSPS) is 16.2. The molecule has 3 heterocycles. The van der Waals surface area contributed by atoms with Crippen LogP contribution in [-0.4, -0.2) is 27.9 Å². The van der Waals surface area contributed by atoms with Gasteiger partial charge in [-0.2, -0.15) is 18.3 Å². The topological polar surface area (TPSA) is 34.0 Å². The molecule has 0 amide bonds. The third-order valence-electron chi connectivity index (χ3n) is 3.31. The van der Waals surface area contributed by atoms with E-state index in [-0.39, 0.29) is 0 Å². The fraction of sp³-hybridized carbons (Fsp3) is 0.385. The number of pyridine rings is 1. The maximum atomic E-state index is 12.6. The fourth-order valence-electron chi connectivity index (χ4n) is 2.30. The lowest BCUT2D eigenvalue weighted by molar-refractivity contribution is -0.141. The van der Waals surface area contributed by atoms with Crippen LogP contribution in [0.25, 0.3) is 0 Å². The Morgan fingerprint density at radius 3 is 2.65 bits per heavy atom. The second kappa shape index (κ2) is 4.81. The van der Waals surface area contributed by atoms with Crippen molar-refractivity contribution in [1.82, 2.24) is 14.8 Å². The van der Waals surface area contributed by atoms with Gasteiger partial charge in [0.05, 0.1) is 0 Å². The van der Waals surface area contributed by atoms with Gasteiger partial charge in [0.15, 0.2) is 0 Å². The van der Waals surface area contributed by atoms with Gasteiger partial charge >= 0.3 is 6.18 Å². The van der Waals surface area contributed by atoms with Crippen LogP contribution in [0.3, 0.4) is 0 Å². The molecule has 1 aliphatic rings. The maximum absolute atomic E-state index is 12.6. The van der Waals surface area contributed by atoms with Gasteiger partial charge in [0.1, 0.15) is 11.5 Å². The molecule has 106 valence electrons. The van der Waals surface area contributed by atoms with Gasteiger partial charge in [-0.15, -0.1) is 0 Å². The number of hydrogen-bond acceptors (Lipinski definition) is 3.